The number of carbonyl (C=O) groups is 2. The molecule has 0 radical (unpaired) electrons. The molecule has 1 amide bonds. The smallest absolute Gasteiger partial charge is 0.328 e. The van der Waals surface area contributed by atoms with E-state index in [4.69, 9.17) is 5.11 Å². The molecule has 0 aromatic heterocycles. The highest BCUT2D eigenvalue weighted by atomic mass is 16.4. The maximum Gasteiger partial charge on any atom is 0.328 e. The van der Waals surface area contributed by atoms with Crippen LogP contribution in [0.3, 0.4) is 0 Å². The molecule has 0 fully saturated rings. The first-order valence-corrected chi connectivity index (χ1v) is 6.15. The highest BCUT2D eigenvalue weighted by Gasteiger charge is 2.03. The molecule has 0 bridgehead atoms. The predicted molar refractivity (Wildman–Crippen MR) is 74.1 cm³/mol. The fourth-order valence-electron chi connectivity index (χ4n) is 1.82. The van der Waals surface area contributed by atoms with Crippen molar-refractivity contribution in [3.8, 4) is 0 Å². The minimum Gasteiger partial charge on any atom is -0.478 e. The van der Waals surface area contributed by atoms with Crippen LogP contribution >= 0.6 is 0 Å². The maximum atomic E-state index is 11.3. The fourth-order valence-corrected chi connectivity index (χ4v) is 1.82. The van der Waals surface area contributed by atoms with Gasteiger partial charge in [-0.2, -0.15) is 0 Å². The number of rotatable bonds is 5. The molecular weight excluding hydrogens is 242 g/mol. The van der Waals surface area contributed by atoms with Gasteiger partial charge in [0.15, 0.2) is 0 Å². The van der Waals surface area contributed by atoms with Gasteiger partial charge >= 0.3 is 5.97 Å². The zero-order chi connectivity index (χ0) is 14.4. The third kappa shape index (κ3) is 4.95. The van der Waals surface area contributed by atoms with Crippen molar-refractivity contribution >= 4 is 11.9 Å². The van der Waals surface area contributed by atoms with Crippen LogP contribution < -0.4 is 5.32 Å². The summed E-state index contributed by atoms with van der Waals surface area (Å²) in [5.41, 5.74) is 4.90. The number of amides is 1. The first kappa shape index (κ1) is 15.0. The Morgan fingerprint density at radius 1 is 1.11 bits per heavy atom. The van der Waals surface area contributed by atoms with Crippen molar-refractivity contribution in [2.75, 3.05) is 6.54 Å². The molecule has 0 aliphatic carbocycles. The SMILES string of the molecule is Cc1cc(C)c(CCNC(=O)/C=C/C(=O)O)cc1C. The van der Waals surface area contributed by atoms with Gasteiger partial charge in [-0.05, 0) is 49.4 Å². The highest BCUT2D eigenvalue weighted by Crippen LogP contribution is 2.15. The van der Waals surface area contributed by atoms with Crippen LogP contribution in [0.4, 0.5) is 0 Å². The van der Waals surface area contributed by atoms with Crippen molar-refractivity contribution in [3.63, 3.8) is 0 Å². The summed E-state index contributed by atoms with van der Waals surface area (Å²) >= 11 is 0. The number of carboxylic acid groups (broad SMARTS) is 1. The van der Waals surface area contributed by atoms with E-state index in [1.807, 2.05) is 6.92 Å². The largest absolute Gasteiger partial charge is 0.478 e. The van der Waals surface area contributed by atoms with E-state index < -0.39 is 5.97 Å². The lowest BCUT2D eigenvalue weighted by Gasteiger charge is -2.10. The first-order chi connectivity index (χ1) is 8.90. The second-order valence-corrected chi connectivity index (χ2v) is 4.58. The van der Waals surface area contributed by atoms with E-state index in [1.165, 1.54) is 22.3 Å². The molecular formula is C15H19NO3. The van der Waals surface area contributed by atoms with Gasteiger partial charge in [-0.1, -0.05) is 12.1 Å². The Bertz CT molecular complexity index is 518. The Morgan fingerprint density at radius 2 is 1.74 bits per heavy atom. The van der Waals surface area contributed by atoms with Gasteiger partial charge in [0, 0.05) is 18.7 Å². The quantitative estimate of drug-likeness (QED) is 0.796. The monoisotopic (exact) mass is 261 g/mol. The van der Waals surface area contributed by atoms with Gasteiger partial charge in [-0.25, -0.2) is 4.79 Å². The maximum absolute atomic E-state index is 11.3. The molecule has 2 N–H and O–H groups in total. The van der Waals surface area contributed by atoms with Crippen LogP contribution in [0.5, 0.6) is 0 Å². The molecule has 0 spiro atoms. The number of hydrogen-bond acceptors (Lipinski definition) is 2. The van der Waals surface area contributed by atoms with E-state index in [2.05, 4.69) is 31.3 Å². The van der Waals surface area contributed by atoms with Crippen LogP contribution in [0.25, 0.3) is 0 Å². The molecule has 0 saturated carbocycles. The molecule has 1 aromatic carbocycles. The van der Waals surface area contributed by atoms with E-state index in [9.17, 15) is 9.59 Å². The molecule has 0 unspecified atom stereocenters. The Kier molecular flexibility index (Phi) is 5.30. The molecule has 1 aromatic rings. The number of nitrogens with one attached hydrogen (secondary N) is 1. The van der Waals surface area contributed by atoms with Crippen molar-refractivity contribution < 1.29 is 14.7 Å². The third-order valence-electron chi connectivity index (χ3n) is 3.02. The van der Waals surface area contributed by atoms with Gasteiger partial charge in [0.2, 0.25) is 5.91 Å². The Labute approximate surface area is 113 Å². The minimum atomic E-state index is -1.12. The lowest BCUT2D eigenvalue weighted by atomic mass is 9.99. The van der Waals surface area contributed by atoms with Crippen LogP contribution in [-0.4, -0.2) is 23.5 Å². The van der Waals surface area contributed by atoms with Gasteiger partial charge in [-0.3, -0.25) is 4.79 Å². The zero-order valence-corrected chi connectivity index (χ0v) is 11.5. The van der Waals surface area contributed by atoms with Crippen molar-refractivity contribution in [2.45, 2.75) is 27.2 Å². The normalized spacial score (nSPS) is 10.7. The van der Waals surface area contributed by atoms with Gasteiger partial charge in [-0.15, -0.1) is 0 Å². The Morgan fingerprint density at radius 3 is 2.37 bits per heavy atom. The van der Waals surface area contributed by atoms with Crippen molar-refractivity contribution in [3.05, 3.63) is 46.5 Å². The average molecular weight is 261 g/mol. The lowest BCUT2D eigenvalue weighted by molar-refractivity contribution is -0.131. The molecule has 1 rings (SSSR count). The molecule has 102 valence electrons. The predicted octanol–water partition coefficient (Wildman–Crippen LogP) is 1.91. The van der Waals surface area contributed by atoms with Crippen LogP contribution in [0.15, 0.2) is 24.3 Å². The summed E-state index contributed by atoms with van der Waals surface area (Å²) in [5.74, 6) is -1.51. The van der Waals surface area contributed by atoms with Gasteiger partial charge in [0.25, 0.3) is 0 Å². The number of hydrogen-bond donors (Lipinski definition) is 2. The topological polar surface area (TPSA) is 66.4 Å². The number of aryl methyl sites for hydroxylation is 3. The summed E-state index contributed by atoms with van der Waals surface area (Å²) in [5, 5.41) is 11.1. The van der Waals surface area contributed by atoms with Crippen molar-refractivity contribution in [2.24, 2.45) is 0 Å². The van der Waals surface area contributed by atoms with Crippen molar-refractivity contribution in [1.29, 1.82) is 0 Å². The van der Waals surface area contributed by atoms with E-state index in [-0.39, 0.29) is 5.91 Å². The summed E-state index contributed by atoms with van der Waals surface area (Å²) < 4.78 is 0. The van der Waals surface area contributed by atoms with Crippen LogP contribution in [-0.2, 0) is 16.0 Å². The molecule has 0 saturated heterocycles. The zero-order valence-electron chi connectivity index (χ0n) is 11.5. The lowest BCUT2D eigenvalue weighted by Crippen LogP contribution is -2.24. The molecule has 4 heteroatoms. The number of carboxylic acids is 1. The first-order valence-electron chi connectivity index (χ1n) is 6.15. The Balaban J connectivity index is 2.52. The molecule has 0 atom stereocenters. The molecule has 0 aliphatic rings. The Hall–Kier alpha value is -2.10. The van der Waals surface area contributed by atoms with Gasteiger partial charge in [0.1, 0.15) is 0 Å². The number of benzene rings is 1. The van der Waals surface area contributed by atoms with E-state index >= 15 is 0 Å². The van der Waals surface area contributed by atoms with E-state index in [1.54, 1.807) is 0 Å². The second kappa shape index (κ2) is 6.73. The molecule has 4 nitrogen and oxygen atoms in total. The highest BCUT2D eigenvalue weighted by molar-refractivity contribution is 5.93. The molecule has 0 heterocycles. The molecule has 0 aliphatic heterocycles. The van der Waals surface area contributed by atoms with Crippen LogP contribution in [0, 0.1) is 20.8 Å². The molecule has 19 heavy (non-hydrogen) atoms. The average Bonchev–Trinajstić information content (AvgIpc) is 2.33. The number of aliphatic carboxylic acids is 1. The van der Waals surface area contributed by atoms with Crippen LogP contribution in [0.1, 0.15) is 22.3 Å². The summed E-state index contributed by atoms with van der Waals surface area (Å²) in [6.07, 6.45) is 2.59. The van der Waals surface area contributed by atoms with E-state index in [0.717, 1.165) is 18.6 Å². The fraction of sp³-hybridized carbons (Fsp3) is 0.333. The number of carbonyl (C=O) groups excluding carboxylic acids is 1. The summed E-state index contributed by atoms with van der Waals surface area (Å²) in [6, 6.07) is 4.26. The van der Waals surface area contributed by atoms with Crippen LogP contribution in [0.2, 0.25) is 0 Å². The summed E-state index contributed by atoms with van der Waals surface area (Å²) in [6.45, 7) is 6.68. The summed E-state index contributed by atoms with van der Waals surface area (Å²) in [4.78, 5) is 21.5. The van der Waals surface area contributed by atoms with E-state index in [0.29, 0.717) is 6.54 Å². The summed E-state index contributed by atoms with van der Waals surface area (Å²) in [7, 11) is 0. The second-order valence-electron chi connectivity index (χ2n) is 4.58. The van der Waals surface area contributed by atoms with Gasteiger partial charge in [0.05, 0.1) is 0 Å². The minimum absolute atomic E-state index is 0.385. The van der Waals surface area contributed by atoms with Crippen molar-refractivity contribution in [1.82, 2.24) is 5.32 Å². The standard InChI is InChI=1S/C15H19NO3/c1-10-8-12(3)13(9-11(10)2)6-7-16-14(17)4-5-15(18)19/h4-5,8-9H,6-7H2,1-3H3,(H,16,17)(H,18,19)/b5-4+. The third-order valence-corrected chi connectivity index (χ3v) is 3.02. The van der Waals surface area contributed by atoms with Gasteiger partial charge < -0.3 is 10.4 Å².